The third kappa shape index (κ3) is 3.29. The summed E-state index contributed by atoms with van der Waals surface area (Å²) in [6, 6.07) is 7.82. The smallest absolute Gasteiger partial charge is 0.228 e. The zero-order valence-corrected chi connectivity index (χ0v) is 9.72. The molecule has 1 aromatic heterocycles. The summed E-state index contributed by atoms with van der Waals surface area (Å²) in [5.41, 5.74) is 6.54. The Balaban J connectivity index is 1.93. The topological polar surface area (TPSA) is 74.2 Å². The third-order valence-corrected chi connectivity index (χ3v) is 2.23. The van der Waals surface area contributed by atoms with Crippen LogP contribution >= 0.6 is 0 Å². The second-order valence-corrected chi connectivity index (χ2v) is 3.75. The molecule has 0 saturated heterocycles. The summed E-state index contributed by atoms with van der Waals surface area (Å²) >= 11 is 0. The van der Waals surface area contributed by atoms with E-state index < -0.39 is 0 Å². The Hall–Kier alpha value is -1.88. The molecule has 90 valence electrons. The van der Waals surface area contributed by atoms with Crippen molar-refractivity contribution in [1.82, 2.24) is 10.1 Å². The summed E-state index contributed by atoms with van der Waals surface area (Å²) in [5.74, 6) is 1.89. The van der Waals surface area contributed by atoms with Gasteiger partial charge in [0.05, 0.1) is 0 Å². The summed E-state index contributed by atoms with van der Waals surface area (Å²) in [4.78, 5) is 4.15. The molecule has 0 fully saturated rings. The summed E-state index contributed by atoms with van der Waals surface area (Å²) in [5, 5.41) is 3.81. The van der Waals surface area contributed by atoms with Crippen LogP contribution in [-0.2, 0) is 13.0 Å². The number of nitrogens with zero attached hydrogens (tertiary/aromatic N) is 2. The highest BCUT2D eigenvalue weighted by molar-refractivity contribution is 5.27. The molecule has 0 aliphatic rings. The average molecular weight is 233 g/mol. The van der Waals surface area contributed by atoms with Crippen LogP contribution in [0.3, 0.4) is 0 Å². The molecule has 0 aliphatic heterocycles. The van der Waals surface area contributed by atoms with Gasteiger partial charge in [-0.3, -0.25) is 0 Å². The van der Waals surface area contributed by atoms with Gasteiger partial charge in [-0.15, -0.1) is 0 Å². The molecule has 0 unspecified atom stereocenters. The van der Waals surface area contributed by atoms with Crippen LogP contribution in [0.2, 0.25) is 0 Å². The number of hydrogen-bond acceptors (Lipinski definition) is 5. The Morgan fingerprint density at radius 3 is 3.06 bits per heavy atom. The minimum absolute atomic E-state index is 0.303. The molecular weight excluding hydrogens is 218 g/mol. The van der Waals surface area contributed by atoms with Gasteiger partial charge in [0.2, 0.25) is 11.7 Å². The van der Waals surface area contributed by atoms with E-state index in [1.54, 1.807) is 0 Å². The lowest BCUT2D eigenvalue weighted by Gasteiger charge is -2.03. The molecule has 2 aromatic rings. The second-order valence-electron chi connectivity index (χ2n) is 3.75. The molecule has 0 atom stereocenters. The molecule has 5 heteroatoms. The maximum absolute atomic E-state index is 5.55. The van der Waals surface area contributed by atoms with Crippen molar-refractivity contribution in [1.29, 1.82) is 0 Å². The molecule has 1 aromatic carbocycles. The largest absolute Gasteiger partial charge is 0.485 e. The van der Waals surface area contributed by atoms with Gasteiger partial charge in [0, 0.05) is 13.0 Å². The fraction of sp³-hybridized carbons (Fsp3) is 0.333. The van der Waals surface area contributed by atoms with Gasteiger partial charge < -0.3 is 15.0 Å². The Kier molecular flexibility index (Phi) is 3.72. The van der Waals surface area contributed by atoms with E-state index in [0.29, 0.717) is 31.3 Å². The van der Waals surface area contributed by atoms with Crippen LogP contribution in [0.25, 0.3) is 0 Å². The molecule has 0 amide bonds. The zero-order chi connectivity index (χ0) is 12.1. The van der Waals surface area contributed by atoms with Crippen LogP contribution in [0.5, 0.6) is 5.75 Å². The molecule has 5 nitrogen and oxygen atoms in total. The van der Waals surface area contributed by atoms with Crippen molar-refractivity contribution in [2.75, 3.05) is 6.54 Å². The van der Waals surface area contributed by atoms with Crippen molar-refractivity contribution < 1.29 is 9.26 Å². The Morgan fingerprint density at radius 1 is 1.41 bits per heavy atom. The Bertz CT molecular complexity index is 482. The summed E-state index contributed by atoms with van der Waals surface area (Å²) in [6.45, 7) is 2.82. The van der Waals surface area contributed by atoms with E-state index in [2.05, 4.69) is 10.1 Å². The van der Waals surface area contributed by atoms with Crippen molar-refractivity contribution >= 4 is 0 Å². The molecule has 0 aliphatic carbocycles. The molecule has 0 radical (unpaired) electrons. The zero-order valence-electron chi connectivity index (χ0n) is 9.72. The van der Waals surface area contributed by atoms with Crippen LogP contribution in [0, 0.1) is 6.92 Å². The van der Waals surface area contributed by atoms with E-state index in [0.717, 1.165) is 11.3 Å². The van der Waals surface area contributed by atoms with Gasteiger partial charge in [-0.2, -0.15) is 4.98 Å². The standard InChI is InChI=1S/C12H15N3O2/c1-9-3-2-4-10(7-9)16-8-11-14-12(5-6-13)17-15-11/h2-4,7H,5-6,8,13H2,1H3. The number of aryl methyl sites for hydroxylation is 1. The number of hydrogen-bond donors (Lipinski definition) is 1. The van der Waals surface area contributed by atoms with Gasteiger partial charge in [0.25, 0.3) is 0 Å². The molecule has 0 spiro atoms. The van der Waals surface area contributed by atoms with Crippen molar-refractivity contribution in [2.24, 2.45) is 5.73 Å². The maximum atomic E-state index is 5.55. The molecule has 0 saturated carbocycles. The lowest BCUT2D eigenvalue weighted by Crippen LogP contribution is -2.03. The number of rotatable bonds is 5. The minimum atomic E-state index is 0.303. The van der Waals surface area contributed by atoms with Gasteiger partial charge in [-0.05, 0) is 24.6 Å². The van der Waals surface area contributed by atoms with Crippen LogP contribution in [-0.4, -0.2) is 16.7 Å². The lowest BCUT2D eigenvalue weighted by molar-refractivity contribution is 0.285. The highest BCUT2D eigenvalue weighted by Crippen LogP contribution is 2.13. The normalized spacial score (nSPS) is 10.5. The van der Waals surface area contributed by atoms with Crippen molar-refractivity contribution in [3.05, 3.63) is 41.5 Å². The SMILES string of the molecule is Cc1cccc(OCc2noc(CCN)n2)c1. The highest BCUT2D eigenvalue weighted by atomic mass is 16.5. The van der Waals surface area contributed by atoms with Crippen LogP contribution in [0.1, 0.15) is 17.3 Å². The molecule has 2 rings (SSSR count). The van der Waals surface area contributed by atoms with E-state index >= 15 is 0 Å². The van der Waals surface area contributed by atoms with E-state index in [-0.39, 0.29) is 0 Å². The molecule has 17 heavy (non-hydrogen) atoms. The van der Waals surface area contributed by atoms with E-state index in [4.69, 9.17) is 15.0 Å². The van der Waals surface area contributed by atoms with Crippen molar-refractivity contribution in [3.8, 4) is 5.75 Å². The molecule has 0 bridgehead atoms. The predicted octanol–water partition coefficient (Wildman–Crippen LogP) is 1.46. The fourth-order valence-corrected chi connectivity index (χ4v) is 1.43. The number of ether oxygens (including phenoxy) is 1. The number of benzene rings is 1. The van der Waals surface area contributed by atoms with E-state index in [1.165, 1.54) is 0 Å². The number of aromatic nitrogens is 2. The first-order valence-corrected chi connectivity index (χ1v) is 5.49. The quantitative estimate of drug-likeness (QED) is 0.846. The van der Waals surface area contributed by atoms with Gasteiger partial charge in [-0.1, -0.05) is 17.3 Å². The third-order valence-electron chi connectivity index (χ3n) is 2.23. The van der Waals surface area contributed by atoms with Gasteiger partial charge in [0.1, 0.15) is 5.75 Å². The van der Waals surface area contributed by atoms with Crippen LogP contribution in [0.15, 0.2) is 28.8 Å². The first kappa shape index (κ1) is 11.6. The molecular formula is C12H15N3O2. The maximum Gasteiger partial charge on any atom is 0.228 e. The Labute approximate surface area is 99.6 Å². The van der Waals surface area contributed by atoms with Gasteiger partial charge in [-0.25, -0.2) is 0 Å². The summed E-state index contributed by atoms with van der Waals surface area (Å²) in [6.07, 6.45) is 0.595. The Morgan fingerprint density at radius 2 is 2.29 bits per heavy atom. The average Bonchev–Trinajstić information content (AvgIpc) is 2.75. The van der Waals surface area contributed by atoms with Crippen LogP contribution < -0.4 is 10.5 Å². The van der Waals surface area contributed by atoms with E-state index in [1.807, 2.05) is 31.2 Å². The first-order valence-electron chi connectivity index (χ1n) is 5.49. The van der Waals surface area contributed by atoms with Crippen molar-refractivity contribution in [3.63, 3.8) is 0 Å². The predicted molar refractivity (Wildman–Crippen MR) is 62.6 cm³/mol. The first-order chi connectivity index (χ1) is 8.28. The lowest BCUT2D eigenvalue weighted by atomic mass is 10.2. The monoisotopic (exact) mass is 233 g/mol. The minimum Gasteiger partial charge on any atom is -0.485 e. The van der Waals surface area contributed by atoms with Gasteiger partial charge in [0.15, 0.2) is 6.61 Å². The van der Waals surface area contributed by atoms with Gasteiger partial charge >= 0.3 is 0 Å². The van der Waals surface area contributed by atoms with Crippen LogP contribution in [0.4, 0.5) is 0 Å². The summed E-state index contributed by atoms with van der Waals surface area (Å²) in [7, 11) is 0. The summed E-state index contributed by atoms with van der Waals surface area (Å²) < 4.78 is 10.5. The molecule has 1 heterocycles. The van der Waals surface area contributed by atoms with E-state index in [9.17, 15) is 0 Å². The molecule has 2 N–H and O–H groups in total. The number of nitrogens with two attached hydrogens (primary N) is 1. The fourth-order valence-electron chi connectivity index (χ4n) is 1.43. The van der Waals surface area contributed by atoms with Crippen molar-refractivity contribution in [2.45, 2.75) is 20.0 Å². The highest BCUT2D eigenvalue weighted by Gasteiger charge is 2.05. The second kappa shape index (κ2) is 5.45.